The van der Waals surface area contributed by atoms with Gasteiger partial charge in [0.15, 0.2) is 0 Å². The number of rotatable bonds is 4. The van der Waals surface area contributed by atoms with Gasteiger partial charge in [-0.05, 0) is 43.6 Å². The number of benzene rings is 1. The zero-order valence-corrected chi connectivity index (χ0v) is 11.8. The molecular weight excluding hydrogens is 222 g/mol. The Balaban J connectivity index is 2.29. The quantitative estimate of drug-likeness (QED) is 0.883. The highest BCUT2D eigenvalue weighted by Gasteiger charge is 2.18. The first-order chi connectivity index (χ1) is 8.67. The van der Waals surface area contributed by atoms with E-state index in [-0.39, 0.29) is 0 Å². The second-order valence-corrected chi connectivity index (χ2v) is 5.24. The summed E-state index contributed by atoms with van der Waals surface area (Å²) in [6.45, 7) is 5.05. The molecule has 0 saturated heterocycles. The molecule has 1 heterocycles. The van der Waals surface area contributed by atoms with Crippen LogP contribution in [-0.2, 0) is 6.42 Å². The predicted molar refractivity (Wildman–Crippen MR) is 78.1 cm³/mol. The number of likely N-dealkylation sites (N-methyl/N-ethyl adjacent to an activating group) is 1. The molecule has 2 N–H and O–H groups in total. The van der Waals surface area contributed by atoms with Crippen molar-refractivity contribution in [2.45, 2.75) is 25.8 Å². The molecule has 0 amide bonds. The Morgan fingerprint density at radius 2 is 2.22 bits per heavy atom. The summed E-state index contributed by atoms with van der Waals surface area (Å²) in [7, 11) is 4.32. The zero-order valence-electron chi connectivity index (χ0n) is 11.8. The molecule has 0 aliphatic carbocycles. The van der Waals surface area contributed by atoms with E-state index in [1.54, 1.807) is 0 Å². The third-order valence-electron chi connectivity index (χ3n) is 4.09. The van der Waals surface area contributed by atoms with Gasteiger partial charge in [0.2, 0.25) is 0 Å². The monoisotopic (exact) mass is 247 g/mol. The van der Waals surface area contributed by atoms with Crippen LogP contribution in [0.25, 0.3) is 0 Å². The lowest BCUT2D eigenvalue weighted by atomic mass is 9.96. The van der Waals surface area contributed by atoms with Crippen molar-refractivity contribution in [2.24, 2.45) is 5.73 Å². The average molecular weight is 247 g/mol. The number of nitrogens with two attached hydrogens (primary N) is 1. The summed E-state index contributed by atoms with van der Waals surface area (Å²) in [5, 5.41) is 0. The van der Waals surface area contributed by atoms with Crippen LogP contribution in [-0.4, -0.2) is 38.6 Å². The summed E-state index contributed by atoms with van der Waals surface area (Å²) in [5.41, 5.74) is 10.2. The minimum Gasteiger partial charge on any atom is -0.374 e. The van der Waals surface area contributed by atoms with Crippen LogP contribution in [0.2, 0.25) is 0 Å². The first kappa shape index (κ1) is 13.4. The van der Waals surface area contributed by atoms with Crippen molar-refractivity contribution < 1.29 is 0 Å². The summed E-state index contributed by atoms with van der Waals surface area (Å²) in [4.78, 5) is 4.66. The molecule has 1 aromatic carbocycles. The van der Waals surface area contributed by atoms with Crippen LogP contribution in [0.5, 0.6) is 0 Å². The van der Waals surface area contributed by atoms with Crippen LogP contribution in [0.4, 0.5) is 5.69 Å². The van der Waals surface area contributed by atoms with Gasteiger partial charge in [-0.1, -0.05) is 19.1 Å². The van der Waals surface area contributed by atoms with Gasteiger partial charge in [0, 0.05) is 31.9 Å². The molecule has 0 radical (unpaired) electrons. The summed E-state index contributed by atoms with van der Waals surface area (Å²) in [5.74, 6) is 0. The van der Waals surface area contributed by atoms with Crippen molar-refractivity contribution in [2.75, 3.05) is 38.6 Å². The molecule has 0 fully saturated rings. The fourth-order valence-electron chi connectivity index (χ4n) is 2.80. The highest BCUT2D eigenvalue weighted by atomic mass is 15.1. The Morgan fingerprint density at radius 1 is 1.44 bits per heavy atom. The van der Waals surface area contributed by atoms with E-state index in [0.29, 0.717) is 12.6 Å². The number of anilines is 1. The van der Waals surface area contributed by atoms with E-state index in [9.17, 15) is 0 Å². The Hall–Kier alpha value is -1.06. The third-order valence-corrected chi connectivity index (χ3v) is 4.09. The van der Waals surface area contributed by atoms with Gasteiger partial charge in [-0.15, -0.1) is 0 Å². The summed E-state index contributed by atoms with van der Waals surface area (Å²) < 4.78 is 0. The molecule has 1 aliphatic rings. The lowest BCUT2D eigenvalue weighted by Crippen LogP contribution is -2.31. The molecule has 3 nitrogen and oxygen atoms in total. The van der Waals surface area contributed by atoms with E-state index in [4.69, 9.17) is 5.73 Å². The Labute approximate surface area is 111 Å². The van der Waals surface area contributed by atoms with E-state index in [1.807, 2.05) is 0 Å². The molecule has 2 rings (SSSR count). The second kappa shape index (κ2) is 5.72. The van der Waals surface area contributed by atoms with Gasteiger partial charge < -0.3 is 10.6 Å². The van der Waals surface area contributed by atoms with E-state index >= 15 is 0 Å². The van der Waals surface area contributed by atoms with Crippen molar-refractivity contribution in [1.29, 1.82) is 0 Å². The molecule has 1 aliphatic heterocycles. The first-order valence-corrected chi connectivity index (χ1v) is 6.91. The maximum Gasteiger partial charge on any atom is 0.0467 e. The van der Waals surface area contributed by atoms with Crippen LogP contribution in [0.15, 0.2) is 18.2 Å². The first-order valence-electron chi connectivity index (χ1n) is 6.91. The van der Waals surface area contributed by atoms with Gasteiger partial charge in [0.25, 0.3) is 0 Å². The summed E-state index contributed by atoms with van der Waals surface area (Å²) in [6, 6.07) is 7.20. The Morgan fingerprint density at radius 3 is 2.89 bits per heavy atom. The number of hydrogen-bond donors (Lipinski definition) is 1. The molecule has 1 unspecified atom stereocenters. The topological polar surface area (TPSA) is 32.5 Å². The Bertz CT molecular complexity index is 403. The maximum atomic E-state index is 5.93. The highest BCUT2D eigenvalue weighted by Crippen LogP contribution is 2.29. The smallest absolute Gasteiger partial charge is 0.0467 e. The number of fused-ring (bicyclic) bond motifs is 1. The average Bonchev–Trinajstić information content (AvgIpc) is 2.39. The van der Waals surface area contributed by atoms with Crippen LogP contribution < -0.4 is 10.6 Å². The largest absolute Gasteiger partial charge is 0.374 e. The van der Waals surface area contributed by atoms with E-state index in [1.165, 1.54) is 36.2 Å². The zero-order chi connectivity index (χ0) is 13.1. The number of aryl methyl sites for hydroxylation is 1. The minimum atomic E-state index is 0.340. The van der Waals surface area contributed by atoms with Gasteiger partial charge >= 0.3 is 0 Å². The van der Waals surface area contributed by atoms with Crippen LogP contribution in [0, 0.1) is 0 Å². The molecule has 0 saturated carbocycles. The van der Waals surface area contributed by atoms with Crippen LogP contribution in [0.1, 0.15) is 30.5 Å². The minimum absolute atomic E-state index is 0.340. The molecular formula is C15H25N3. The van der Waals surface area contributed by atoms with E-state index < -0.39 is 0 Å². The third kappa shape index (κ3) is 2.52. The van der Waals surface area contributed by atoms with Gasteiger partial charge in [-0.25, -0.2) is 0 Å². The van der Waals surface area contributed by atoms with Crippen molar-refractivity contribution in [3.8, 4) is 0 Å². The Kier molecular flexibility index (Phi) is 4.25. The fourth-order valence-corrected chi connectivity index (χ4v) is 2.80. The van der Waals surface area contributed by atoms with Crippen LogP contribution >= 0.6 is 0 Å². The van der Waals surface area contributed by atoms with Gasteiger partial charge in [-0.3, -0.25) is 4.90 Å². The normalized spacial score (nSPS) is 16.8. The van der Waals surface area contributed by atoms with Gasteiger partial charge in [-0.2, -0.15) is 0 Å². The summed E-state index contributed by atoms with van der Waals surface area (Å²) >= 11 is 0. The van der Waals surface area contributed by atoms with E-state index in [2.05, 4.69) is 49.0 Å². The lowest BCUT2D eigenvalue weighted by Gasteiger charge is -2.31. The van der Waals surface area contributed by atoms with Crippen molar-refractivity contribution >= 4 is 5.69 Å². The molecule has 3 heteroatoms. The standard InChI is InChI=1S/C15H25N3/c1-4-17(2)15(11-16)13-7-8-14-12(10-13)6-5-9-18(14)3/h7-8,10,15H,4-6,9,11,16H2,1-3H3. The molecule has 0 spiro atoms. The SMILES string of the molecule is CCN(C)C(CN)c1ccc2c(c1)CCCN2C. The maximum absolute atomic E-state index is 5.93. The molecule has 0 aromatic heterocycles. The number of hydrogen-bond acceptors (Lipinski definition) is 3. The number of nitrogens with zero attached hydrogens (tertiary/aromatic N) is 2. The molecule has 100 valence electrons. The fraction of sp³-hybridized carbons (Fsp3) is 0.600. The lowest BCUT2D eigenvalue weighted by molar-refractivity contribution is 0.263. The predicted octanol–water partition coefficient (Wildman–Crippen LogP) is 2.02. The van der Waals surface area contributed by atoms with Gasteiger partial charge in [0.1, 0.15) is 0 Å². The second-order valence-electron chi connectivity index (χ2n) is 5.24. The molecule has 1 aromatic rings. The van der Waals surface area contributed by atoms with Crippen molar-refractivity contribution in [3.05, 3.63) is 29.3 Å². The van der Waals surface area contributed by atoms with Crippen molar-refractivity contribution in [1.82, 2.24) is 4.90 Å². The molecule has 1 atom stereocenters. The summed E-state index contributed by atoms with van der Waals surface area (Å²) in [6.07, 6.45) is 2.45. The van der Waals surface area contributed by atoms with Gasteiger partial charge in [0.05, 0.1) is 0 Å². The molecule has 0 bridgehead atoms. The van der Waals surface area contributed by atoms with E-state index in [0.717, 1.165) is 6.54 Å². The van der Waals surface area contributed by atoms with Crippen LogP contribution in [0.3, 0.4) is 0 Å². The molecule has 18 heavy (non-hydrogen) atoms. The van der Waals surface area contributed by atoms with Crippen molar-refractivity contribution in [3.63, 3.8) is 0 Å². The highest BCUT2D eigenvalue weighted by molar-refractivity contribution is 5.56.